The fourth-order valence-electron chi connectivity index (χ4n) is 1.34. The molecule has 0 fully saturated rings. The Kier molecular flexibility index (Phi) is 3.83. The quantitative estimate of drug-likeness (QED) is 0.786. The minimum atomic E-state index is -0.250. The van der Waals surface area contributed by atoms with E-state index in [0.29, 0.717) is 16.9 Å². The average Bonchev–Trinajstić information content (AvgIpc) is 2.35. The van der Waals surface area contributed by atoms with Crippen molar-refractivity contribution in [2.75, 3.05) is 19.0 Å². The molecule has 0 unspecified atom stereocenters. The van der Waals surface area contributed by atoms with Crippen molar-refractivity contribution in [2.45, 2.75) is 6.92 Å². The number of hydrogen-bond acceptors (Lipinski definition) is 2. The SMILES string of the molecule is [C-]#[N+]c1ccc(C(=O)NC)cc1N(C)C(C)=O. The van der Waals surface area contributed by atoms with Gasteiger partial charge in [0.05, 0.1) is 6.57 Å². The highest BCUT2D eigenvalue weighted by Crippen LogP contribution is 2.29. The molecule has 0 aromatic heterocycles. The van der Waals surface area contributed by atoms with Crippen LogP contribution in [0.4, 0.5) is 11.4 Å². The highest BCUT2D eigenvalue weighted by Gasteiger charge is 2.14. The molecule has 88 valence electrons. The van der Waals surface area contributed by atoms with Gasteiger partial charge in [-0.25, -0.2) is 4.85 Å². The number of carbonyl (C=O) groups is 2. The Morgan fingerprint density at radius 3 is 2.53 bits per heavy atom. The smallest absolute Gasteiger partial charge is 0.250 e. The molecule has 0 spiro atoms. The molecule has 0 atom stereocenters. The first kappa shape index (κ1) is 12.7. The predicted octanol–water partition coefficient (Wildman–Crippen LogP) is 1.58. The van der Waals surface area contributed by atoms with Gasteiger partial charge in [-0.1, -0.05) is 12.1 Å². The van der Waals surface area contributed by atoms with Gasteiger partial charge in [-0.05, 0) is 6.07 Å². The Balaban J connectivity index is 3.30. The van der Waals surface area contributed by atoms with Crippen molar-refractivity contribution in [3.8, 4) is 0 Å². The molecule has 0 saturated carbocycles. The maximum atomic E-state index is 11.5. The van der Waals surface area contributed by atoms with Crippen LogP contribution in [-0.4, -0.2) is 25.9 Å². The lowest BCUT2D eigenvalue weighted by Crippen LogP contribution is -2.24. The third-order valence-corrected chi connectivity index (χ3v) is 2.42. The zero-order chi connectivity index (χ0) is 13.0. The number of nitrogens with zero attached hydrogens (tertiary/aromatic N) is 2. The van der Waals surface area contributed by atoms with Crippen LogP contribution in [0.1, 0.15) is 17.3 Å². The van der Waals surface area contributed by atoms with E-state index in [4.69, 9.17) is 6.57 Å². The van der Waals surface area contributed by atoms with Crippen molar-refractivity contribution in [2.24, 2.45) is 0 Å². The van der Waals surface area contributed by atoms with E-state index in [2.05, 4.69) is 10.2 Å². The number of anilines is 1. The molecule has 5 nitrogen and oxygen atoms in total. The summed E-state index contributed by atoms with van der Waals surface area (Å²) in [6, 6.07) is 4.63. The van der Waals surface area contributed by atoms with Crippen molar-refractivity contribution in [1.29, 1.82) is 0 Å². The van der Waals surface area contributed by atoms with Gasteiger partial charge in [-0.2, -0.15) is 0 Å². The molecule has 0 aliphatic heterocycles. The minimum Gasteiger partial charge on any atom is -0.355 e. The standard InChI is InChI=1S/C12H13N3O2/c1-8(16)15(4)11-7-9(12(17)14-3)5-6-10(11)13-2/h5-7H,1,3-4H3,(H,14,17). The van der Waals surface area contributed by atoms with Gasteiger partial charge in [-0.15, -0.1) is 0 Å². The van der Waals surface area contributed by atoms with E-state index in [0.717, 1.165) is 0 Å². The van der Waals surface area contributed by atoms with Crippen molar-refractivity contribution >= 4 is 23.2 Å². The molecule has 0 aliphatic rings. The van der Waals surface area contributed by atoms with Crippen LogP contribution in [0, 0.1) is 6.57 Å². The summed E-state index contributed by atoms with van der Waals surface area (Å²) < 4.78 is 0. The van der Waals surface area contributed by atoms with Gasteiger partial charge in [0.15, 0.2) is 0 Å². The van der Waals surface area contributed by atoms with Gasteiger partial charge in [0, 0.05) is 32.3 Å². The maximum Gasteiger partial charge on any atom is 0.250 e. The topological polar surface area (TPSA) is 53.8 Å². The molecule has 0 heterocycles. The van der Waals surface area contributed by atoms with Crippen LogP contribution in [0.2, 0.25) is 0 Å². The van der Waals surface area contributed by atoms with Crippen LogP contribution in [0.3, 0.4) is 0 Å². The lowest BCUT2D eigenvalue weighted by atomic mass is 10.1. The number of nitrogens with one attached hydrogen (secondary N) is 1. The average molecular weight is 231 g/mol. The first-order valence-corrected chi connectivity index (χ1v) is 4.99. The summed E-state index contributed by atoms with van der Waals surface area (Å²) in [6.45, 7) is 8.43. The van der Waals surface area contributed by atoms with Crippen LogP contribution < -0.4 is 10.2 Å². The van der Waals surface area contributed by atoms with Crippen molar-refractivity contribution in [1.82, 2.24) is 5.32 Å². The highest BCUT2D eigenvalue weighted by molar-refractivity contribution is 6.00. The Labute approximate surface area is 99.9 Å². The molecule has 17 heavy (non-hydrogen) atoms. The first-order valence-electron chi connectivity index (χ1n) is 4.99. The first-order chi connectivity index (χ1) is 8.01. The van der Waals surface area contributed by atoms with Crippen LogP contribution in [0.15, 0.2) is 18.2 Å². The lowest BCUT2D eigenvalue weighted by Gasteiger charge is -2.17. The predicted molar refractivity (Wildman–Crippen MR) is 65.2 cm³/mol. The summed E-state index contributed by atoms with van der Waals surface area (Å²) in [6.07, 6.45) is 0. The van der Waals surface area contributed by atoms with Gasteiger partial charge >= 0.3 is 0 Å². The second kappa shape index (κ2) is 5.12. The molecule has 0 saturated heterocycles. The van der Waals surface area contributed by atoms with E-state index in [9.17, 15) is 9.59 Å². The second-order valence-corrected chi connectivity index (χ2v) is 3.47. The highest BCUT2D eigenvalue weighted by atomic mass is 16.2. The third-order valence-electron chi connectivity index (χ3n) is 2.42. The van der Waals surface area contributed by atoms with Crippen LogP contribution in [0.5, 0.6) is 0 Å². The van der Waals surface area contributed by atoms with Gasteiger partial charge in [-0.3, -0.25) is 9.59 Å². The fraction of sp³-hybridized carbons (Fsp3) is 0.250. The van der Waals surface area contributed by atoms with Crippen molar-refractivity contribution in [3.63, 3.8) is 0 Å². The molecule has 2 amide bonds. The summed E-state index contributed by atoms with van der Waals surface area (Å²) in [4.78, 5) is 27.4. The second-order valence-electron chi connectivity index (χ2n) is 3.47. The van der Waals surface area contributed by atoms with E-state index in [1.807, 2.05) is 0 Å². The Bertz CT molecular complexity index is 503. The molecular formula is C12H13N3O2. The summed E-state index contributed by atoms with van der Waals surface area (Å²) in [5.41, 5.74) is 1.20. The lowest BCUT2D eigenvalue weighted by molar-refractivity contribution is -0.116. The van der Waals surface area contributed by atoms with Crippen LogP contribution >= 0.6 is 0 Å². The molecule has 1 rings (SSSR count). The summed E-state index contributed by atoms with van der Waals surface area (Å²) in [5.74, 6) is -0.441. The number of benzene rings is 1. The van der Waals surface area contributed by atoms with Gasteiger partial charge in [0.1, 0.15) is 0 Å². The number of carbonyl (C=O) groups excluding carboxylic acids is 2. The molecule has 1 aromatic carbocycles. The van der Waals surface area contributed by atoms with Gasteiger partial charge in [0.25, 0.3) is 5.91 Å². The van der Waals surface area contributed by atoms with Gasteiger partial charge < -0.3 is 10.2 Å². The molecular weight excluding hydrogens is 218 g/mol. The molecule has 1 N–H and O–H groups in total. The Morgan fingerprint density at radius 2 is 2.06 bits per heavy atom. The zero-order valence-corrected chi connectivity index (χ0v) is 9.94. The molecule has 0 aliphatic carbocycles. The minimum absolute atomic E-state index is 0.191. The monoisotopic (exact) mass is 231 g/mol. The Hall–Kier alpha value is -2.35. The van der Waals surface area contributed by atoms with Crippen LogP contribution in [0.25, 0.3) is 4.85 Å². The normalized spacial score (nSPS) is 9.29. The zero-order valence-electron chi connectivity index (χ0n) is 9.94. The summed E-state index contributed by atoms with van der Waals surface area (Å²) in [7, 11) is 3.10. The molecule has 0 bridgehead atoms. The number of hydrogen-bond donors (Lipinski definition) is 1. The maximum absolute atomic E-state index is 11.5. The van der Waals surface area contributed by atoms with E-state index >= 15 is 0 Å². The Morgan fingerprint density at radius 1 is 1.41 bits per heavy atom. The van der Waals surface area contributed by atoms with Gasteiger partial charge in [0.2, 0.25) is 11.6 Å². The van der Waals surface area contributed by atoms with Crippen molar-refractivity contribution < 1.29 is 9.59 Å². The molecule has 1 aromatic rings. The van der Waals surface area contributed by atoms with E-state index in [1.165, 1.54) is 31.0 Å². The number of rotatable bonds is 2. The number of amides is 2. The molecule has 0 radical (unpaired) electrons. The summed E-state index contributed by atoms with van der Waals surface area (Å²) in [5, 5.41) is 2.49. The van der Waals surface area contributed by atoms with Crippen LogP contribution in [-0.2, 0) is 4.79 Å². The van der Waals surface area contributed by atoms with Crippen molar-refractivity contribution in [3.05, 3.63) is 35.2 Å². The van der Waals surface area contributed by atoms with E-state index < -0.39 is 0 Å². The van der Waals surface area contributed by atoms with E-state index in [1.54, 1.807) is 13.1 Å². The third kappa shape index (κ3) is 2.61. The van der Waals surface area contributed by atoms with E-state index in [-0.39, 0.29) is 11.8 Å². The fourth-order valence-corrected chi connectivity index (χ4v) is 1.34. The summed E-state index contributed by atoms with van der Waals surface area (Å²) >= 11 is 0. The molecule has 5 heteroatoms. The largest absolute Gasteiger partial charge is 0.355 e.